The normalized spacial score (nSPS) is 35.0. The van der Waals surface area contributed by atoms with Gasteiger partial charge in [-0.15, -0.1) is 0 Å². The average molecular weight is 282 g/mol. The maximum Gasteiger partial charge on any atom is 0.248 e. The third-order valence-corrected chi connectivity index (χ3v) is 4.69. The number of nitrogens with zero attached hydrogens (tertiary/aromatic N) is 1. The van der Waals surface area contributed by atoms with Crippen LogP contribution >= 0.6 is 0 Å². The molecule has 0 aliphatic carbocycles. The van der Waals surface area contributed by atoms with E-state index in [1.807, 2.05) is 18.7 Å². The fourth-order valence-corrected chi connectivity index (χ4v) is 3.16. The van der Waals surface area contributed by atoms with Gasteiger partial charge in [-0.2, -0.15) is 0 Å². The third kappa shape index (κ3) is 2.97. The maximum absolute atomic E-state index is 12.7. The quantitative estimate of drug-likeness (QED) is 0.846. The first-order valence-corrected chi connectivity index (χ1v) is 7.72. The van der Waals surface area contributed by atoms with Crippen molar-refractivity contribution in [2.45, 2.75) is 58.1 Å². The van der Waals surface area contributed by atoms with Crippen molar-refractivity contribution in [1.82, 2.24) is 10.2 Å². The molecule has 114 valence electrons. The number of ether oxygens (including phenoxy) is 1. The number of rotatable bonds is 4. The van der Waals surface area contributed by atoms with Gasteiger partial charge in [0.2, 0.25) is 11.8 Å². The van der Waals surface area contributed by atoms with E-state index in [4.69, 9.17) is 4.74 Å². The van der Waals surface area contributed by atoms with E-state index in [0.717, 1.165) is 19.4 Å². The van der Waals surface area contributed by atoms with Gasteiger partial charge in [0.25, 0.3) is 0 Å². The molecule has 2 heterocycles. The summed E-state index contributed by atoms with van der Waals surface area (Å²) < 4.78 is 5.70. The lowest BCUT2D eigenvalue weighted by Gasteiger charge is -2.33. The van der Waals surface area contributed by atoms with Crippen molar-refractivity contribution < 1.29 is 14.3 Å². The molecule has 20 heavy (non-hydrogen) atoms. The predicted molar refractivity (Wildman–Crippen MR) is 76.2 cm³/mol. The van der Waals surface area contributed by atoms with Crippen LogP contribution in [0, 0.1) is 5.92 Å². The van der Waals surface area contributed by atoms with Crippen LogP contribution in [0.25, 0.3) is 0 Å². The van der Waals surface area contributed by atoms with E-state index in [2.05, 4.69) is 12.2 Å². The molecule has 3 atom stereocenters. The molecule has 0 bridgehead atoms. The molecule has 0 saturated carbocycles. The van der Waals surface area contributed by atoms with Gasteiger partial charge in [-0.05, 0) is 26.2 Å². The van der Waals surface area contributed by atoms with E-state index in [-0.39, 0.29) is 17.9 Å². The zero-order chi connectivity index (χ0) is 14.8. The SMILES string of the molecule is CCC1OCCC1CN1CCC(=O)NC(C)(CC)C1=O. The summed E-state index contributed by atoms with van der Waals surface area (Å²) in [6.45, 7) is 7.90. The Kier molecular flexibility index (Phi) is 4.68. The molecule has 2 saturated heterocycles. The van der Waals surface area contributed by atoms with E-state index in [1.54, 1.807) is 0 Å². The summed E-state index contributed by atoms with van der Waals surface area (Å²) in [6, 6.07) is 0. The lowest BCUT2D eigenvalue weighted by Crippen LogP contribution is -2.55. The van der Waals surface area contributed by atoms with E-state index >= 15 is 0 Å². The van der Waals surface area contributed by atoms with Crippen molar-refractivity contribution in [3.8, 4) is 0 Å². The molecule has 2 amide bonds. The molecule has 5 nitrogen and oxygen atoms in total. The van der Waals surface area contributed by atoms with Crippen molar-refractivity contribution >= 4 is 11.8 Å². The molecule has 2 aliphatic heterocycles. The summed E-state index contributed by atoms with van der Waals surface area (Å²) in [5.74, 6) is 0.422. The summed E-state index contributed by atoms with van der Waals surface area (Å²) in [5, 5.41) is 2.87. The van der Waals surface area contributed by atoms with Crippen LogP contribution in [0.5, 0.6) is 0 Å². The Bertz CT molecular complexity index is 385. The van der Waals surface area contributed by atoms with Gasteiger partial charge in [0.05, 0.1) is 6.10 Å². The molecule has 0 aromatic heterocycles. The van der Waals surface area contributed by atoms with Crippen molar-refractivity contribution in [2.75, 3.05) is 19.7 Å². The number of hydrogen-bond acceptors (Lipinski definition) is 3. The van der Waals surface area contributed by atoms with Crippen LogP contribution in [0.15, 0.2) is 0 Å². The van der Waals surface area contributed by atoms with Gasteiger partial charge in [-0.1, -0.05) is 13.8 Å². The Morgan fingerprint density at radius 1 is 1.40 bits per heavy atom. The summed E-state index contributed by atoms with van der Waals surface area (Å²) in [4.78, 5) is 26.4. The van der Waals surface area contributed by atoms with Crippen LogP contribution < -0.4 is 5.32 Å². The van der Waals surface area contributed by atoms with Gasteiger partial charge in [-0.25, -0.2) is 0 Å². The van der Waals surface area contributed by atoms with Crippen LogP contribution in [0.1, 0.15) is 46.5 Å². The minimum Gasteiger partial charge on any atom is -0.378 e. The number of amides is 2. The Hall–Kier alpha value is -1.10. The number of carbonyl (C=O) groups excluding carboxylic acids is 2. The van der Waals surface area contributed by atoms with Crippen molar-refractivity contribution in [3.63, 3.8) is 0 Å². The van der Waals surface area contributed by atoms with E-state index in [0.29, 0.717) is 31.8 Å². The average Bonchev–Trinajstić information content (AvgIpc) is 2.85. The standard InChI is InChI=1S/C15H26N2O3/c1-4-12-11(7-9-20-12)10-17-8-6-13(18)16-15(3,5-2)14(17)19/h11-12H,4-10H2,1-3H3,(H,16,18). The van der Waals surface area contributed by atoms with E-state index in [9.17, 15) is 9.59 Å². The van der Waals surface area contributed by atoms with Crippen LogP contribution in [0.2, 0.25) is 0 Å². The minimum atomic E-state index is -0.755. The van der Waals surface area contributed by atoms with Gasteiger partial charge in [-0.3, -0.25) is 9.59 Å². The second-order valence-corrected chi connectivity index (χ2v) is 6.10. The highest BCUT2D eigenvalue weighted by atomic mass is 16.5. The Morgan fingerprint density at radius 3 is 2.80 bits per heavy atom. The molecule has 2 rings (SSSR count). The summed E-state index contributed by atoms with van der Waals surface area (Å²) in [6.07, 6.45) is 3.25. The highest BCUT2D eigenvalue weighted by molar-refractivity contribution is 5.93. The first kappa shape index (κ1) is 15.3. The molecular formula is C15H26N2O3. The van der Waals surface area contributed by atoms with Crippen molar-refractivity contribution in [1.29, 1.82) is 0 Å². The van der Waals surface area contributed by atoms with Crippen molar-refractivity contribution in [3.05, 3.63) is 0 Å². The van der Waals surface area contributed by atoms with Gasteiger partial charge >= 0.3 is 0 Å². The van der Waals surface area contributed by atoms with E-state index in [1.165, 1.54) is 0 Å². The second kappa shape index (κ2) is 6.12. The van der Waals surface area contributed by atoms with Gasteiger partial charge in [0.15, 0.2) is 0 Å². The Morgan fingerprint density at radius 2 is 2.15 bits per heavy atom. The summed E-state index contributed by atoms with van der Waals surface area (Å²) in [7, 11) is 0. The molecule has 0 aromatic rings. The number of carbonyl (C=O) groups is 2. The van der Waals surface area contributed by atoms with Crippen LogP contribution in [0.3, 0.4) is 0 Å². The zero-order valence-corrected chi connectivity index (χ0v) is 12.8. The number of nitrogens with one attached hydrogen (secondary N) is 1. The molecule has 0 aromatic carbocycles. The first-order chi connectivity index (χ1) is 9.50. The Balaban J connectivity index is 2.09. The molecule has 0 spiro atoms. The molecule has 5 heteroatoms. The van der Waals surface area contributed by atoms with Gasteiger partial charge in [0, 0.05) is 32.0 Å². The molecule has 2 aliphatic rings. The summed E-state index contributed by atoms with van der Waals surface area (Å²) >= 11 is 0. The predicted octanol–water partition coefficient (Wildman–Crippen LogP) is 1.32. The molecule has 0 radical (unpaired) electrons. The lowest BCUT2D eigenvalue weighted by atomic mass is 9.95. The molecule has 1 N–H and O–H groups in total. The smallest absolute Gasteiger partial charge is 0.248 e. The maximum atomic E-state index is 12.7. The fourth-order valence-electron chi connectivity index (χ4n) is 3.16. The highest BCUT2D eigenvalue weighted by Crippen LogP contribution is 2.26. The monoisotopic (exact) mass is 282 g/mol. The van der Waals surface area contributed by atoms with Crippen molar-refractivity contribution in [2.24, 2.45) is 5.92 Å². The highest BCUT2D eigenvalue weighted by Gasteiger charge is 2.40. The summed E-state index contributed by atoms with van der Waals surface area (Å²) in [5.41, 5.74) is -0.755. The van der Waals surface area contributed by atoms with E-state index < -0.39 is 5.54 Å². The van der Waals surface area contributed by atoms with Gasteiger partial charge < -0.3 is 15.0 Å². The van der Waals surface area contributed by atoms with Gasteiger partial charge in [0.1, 0.15) is 5.54 Å². The van der Waals surface area contributed by atoms with Crippen LogP contribution in [-0.4, -0.2) is 48.1 Å². The molecule has 3 unspecified atom stereocenters. The van der Waals surface area contributed by atoms with Crippen LogP contribution in [-0.2, 0) is 14.3 Å². The topological polar surface area (TPSA) is 58.6 Å². The number of hydrogen-bond donors (Lipinski definition) is 1. The minimum absolute atomic E-state index is 0.0279. The fraction of sp³-hybridized carbons (Fsp3) is 0.867. The van der Waals surface area contributed by atoms with Crippen LogP contribution in [0.4, 0.5) is 0 Å². The molecular weight excluding hydrogens is 256 g/mol. The largest absolute Gasteiger partial charge is 0.378 e. The molecule has 2 fully saturated rings. The second-order valence-electron chi connectivity index (χ2n) is 6.10. The lowest BCUT2D eigenvalue weighted by molar-refractivity contribution is -0.139. The first-order valence-electron chi connectivity index (χ1n) is 7.72. The third-order valence-electron chi connectivity index (χ3n) is 4.69. The Labute approximate surface area is 121 Å². The zero-order valence-electron chi connectivity index (χ0n) is 12.8.